The fourth-order valence-corrected chi connectivity index (χ4v) is 3.86. The lowest BCUT2D eigenvalue weighted by Crippen LogP contribution is -2.41. The molecule has 120 valence electrons. The minimum Gasteiger partial charge on any atom is -0.312 e. The van der Waals surface area contributed by atoms with Crippen LogP contribution in [0.4, 0.5) is 13.2 Å². The molecule has 1 aromatic heterocycles. The van der Waals surface area contributed by atoms with Gasteiger partial charge in [-0.05, 0) is 52.0 Å². The first-order valence-corrected chi connectivity index (χ1v) is 8.26. The van der Waals surface area contributed by atoms with E-state index in [1.807, 2.05) is 0 Å². The van der Waals surface area contributed by atoms with Crippen molar-refractivity contribution in [3.63, 3.8) is 0 Å². The molecule has 0 spiro atoms. The number of thiazole rings is 1. The predicted molar refractivity (Wildman–Crippen MR) is 79.6 cm³/mol. The number of alkyl halides is 3. The summed E-state index contributed by atoms with van der Waals surface area (Å²) in [5, 5.41) is 2.77. The van der Waals surface area contributed by atoms with Gasteiger partial charge in [-0.15, -0.1) is 11.3 Å². The first kappa shape index (κ1) is 16.7. The quantitative estimate of drug-likeness (QED) is 0.863. The lowest BCUT2D eigenvalue weighted by atomic mass is 9.78. The number of hydrogen-bond acceptors (Lipinski definition) is 3. The maximum absolute atomic E-state index is 12.7. The fourth-order valence-electron chi connectivity index (χ4n) is 2.85. The first-order valence-electron chi connectivity index (χ1n) is 7.45. The Hall–Kier alpha value is -0.620. The van der Waals surface area contributed by atoms with Crippen molar-refractivity contribution in [2.45, 2.75) is 64.1 Å². The average Bonchev–Trinajstić information content (AvgIpc) is 2.85. The van der Waals surface area contributed by atoms with Crippen LogP contribution in [0, 0.1) is 5.92 Å². The lowest BCUT2D eigenvalue weighted by molar-refractivity contribution is -0.137. The molecule has 1 aromatic rings. The van der Waals surface area contributed by atoms with Crippen molar-refractivity contribution < 1.29 is 13.2 Å². The minimum atomic E-state index is -4.32. The van der Waals surface area contributed by atoms with Gasteiger partial charge in [0.15, 0.2) is 5.01 Å². The highest BCUT2D eigenvalue weighted by molar-refractivity contribution is 7.11. The van der Waals surface area contributed by atoms with Crippen LogP contribution in [0.3, 0.4) is 0 Å². The maximum Gasteiger partial charge on any atom is 0.443 e. The van der Waals surface area contributed by atoms with E-state index in [2.05, 4.69) is 31.1 Å². The van der Waals surface area contributed by atoms with Gasteiger partial charge in [0.1, 0.15) is 0 Å². The third kappa shape index (κ3) is 4.68. The Morgan fingerprint density at radius 3 is 2.48 bits per heavy atom. The molecular weight excluding hydrogens is 297 g/mol. The Morgan fingerprint density at radius 2 is 1.90 bits per heavy atom. The number of nitrogens with one attached hydrogen (secondary N) is 1. The van der Waals surface area contributed by atoms with Crippen LogP contribution >= 0.6 is 11.3 Å². The van der Waals surface area contributed by atoms with Gasteiger partial charge in [-0.25, -0.2) is 4.98 Å². The number of halogens is 3. The summed E-state index contributed by atoms with van der Waals surface area (Å²) in [5.41, 5.74) is 0.0346. The molecule has 0 aliphatic heterocycles. The third-order valence-corrected chi connectivity index (χ3v) is 5.11. The molecule has 0 aromatic carbocycles. The summed E-state index contributed by atoms with van der Waals surface area (Å²) in [5.74, 6) is 0.613. The summed E-state index contributed by atoms with van der Waals surface area (Å²) in [4.78, 5) is 4.37. The van der Waals surface area contributed by atoms with Crippen molar-refractivity contribution in [3.8, 4) is 0 Å². The topological polar surface area (TPSA) is 24.9 Å². The molecule has 1 fully saturated rings. The molecule has 1 aliphatic carbocycles. The monoisotopic (exact) mass is 320 g/mol. The highest BCUT2D eigenvalue weighted by Gasteiger charge is 2.36. The highest BCUT2D eigenvalue weighted by atomic mass is 32.1. The number of hydrogen-bond donors (Lipinski definition) is 1. The van der Waals surface area contributed by atoms with Crippen LogP contribution in [0.1, 0.15) is 62.3 Å². The van der Waals surface area contributed by atoms with E-state index >= 15 is 0 Å². The molecule has 0 amide bonds. The Labute approximate surface area is 128 Å². The van der Waals surface area contributed by atoms with E-state index in [1.165, 1.54) is 6.20 Å². The molecule has 1 aliphatic rings. The van der Waals surface area contributed by atoms with Crippen LogP contribution in [0.5, 0.6) is 0 Å². The zero-order chi connectivity index (χ0) is 15.7. The van der Waals surface area contributed by atoms with E-state index in [0.717, 1.165) is 48.4 Å². The molecule has 6 heteroatoms. The molecule has 0 radical (unpaired) electrons. The first-order chi connectivity index (χ1) is 9.67. The van der Waals surface area contributed by atoms with Gasteiger partial charge in [-0.1, -0.05) is 12.8 Å². The molecule has 2 rings (SSSR count). The van der Waals surface area contributed by atoms with Crippen LogP contribution in [-0.2, 0) is 6.18 Å². The third-order valence-electron chi connectivity index (χ3n) is 3.94. The second-order valence-corrected chi connectivity index (χ2v) is 7.91. The summed E-state index contributed by atoms with van der Waals surface area (Å²) in [6, 6.07) is 0. The molecule has 2 atom stereocenters. The van der Waals surface area contributed by atoms with Gasteiger partial charge in [-0.3, -0.25) is 0 Å². The average molecular weight is 320 g/mol. The Balaban J connectivity index is 2.09. The van der Waals surface area contributed by atoms with Crippen molar-refractivity contribution in [2.75, 3.05) is 6.54 Å². The molecule has 1 heterocycles. The van der Waals surface area contributed by atoms with Crippen molar-refractivity contribution in [2.24, 2.45) is 5.92 Å². The minimum absolute atomic E-state index is 0.0346. The smallest absolute Gasteiger partial charge is 0.312 e. The van der Waals surface area contributed by atoms with Crippen LogP contribution < -0.4 is 5.32 Å². The van der Waals surface area contributed by atoms with Crippen molar-refractivity contribution in [1.29, 1.82) is 0 Å². The van der Waals surface area contributed by atoms with E-state index in [1.54, 1.807) is 0 Å². The molecule has 2 unspecified atom stereocenters. The summed E-state index contributed by atoms with van der Waals surface area (Å²) >= 11 is 0.820. The van der Waals surface area contributed by atoms with Gasteiger partial charge in [0, 0.05) is 16.6 Å². The van der Waals surface area contributed by atoms with Gasteiger partial charge >= 0.3 is 6.18 Å². The van der Waals surface area contributed by atoms with Gasteiger partial charge in [-0.2, -0.15) is 13.2 Å². The zero-order valence-electron chi connectivity index (χ0n) is 12.8. The highest BCUT2D eigenvalue weighted by Crippen LogP contribution is 2.42. The van der Waals surface area contributed by atoms with E-state index in [0.29, 0.717) is 5.92 Å². The van der Waals surface area contributed by atoms with Gasteiger partial charge in [0.25, 0.3) is 0 Å². The molecule has 21 heavy (non-hydrogen) atoms. The van der Waals surface area contributed by atoms with Crippen LogP contribution in [0.15, 0.2) is 6.20 Å². The summed E-state index contributed by atoms with van der Waals surface area (Å²) < 4.78 is 38.1. The number of rotatable bonds is 3. The second kappa shape index (κ2) is 6.24. The zero-order valence-corrected chi connectivity index (χ0v) is 13.6. The largest absolute Gasteiger partial charge is 0.443 e. The van der Waals surface area contributed by atoms with Crippen LogP contribution in [0.2, 0.25) is 0 Å². The van der Waals surface area contributed by atoms with Crippen LogP contribution in [-0.4, -0.2) is 17.1 Å². The van der Waals surface area contributed by atoms with Gasteiger partial charge < -0.3 is 5.32 Å². The Kier molecular flexibility index (Phi) is 4.98. The normalized spacial score (nSPS) is 24.3. The summed E-state index contributed by atoms with van der Waals surface area (Å²) in [6.07, 6.45) is 1.42. The maximum atomic E-state index is 12.7. The summed E-state index contributed by atoms with van der Waals surface area (Å²) in [7, 11) is 0. The predicted octanol–water partition coefficient (Wildman–Crippen LogP) is 4.82. The van der Waals surface area contributed by atoms with Crippen molar-refractivity contribution in [3.05, 3.63) is 16.1 Å². The SMILES string of the molecule is CC(C)(C)NCC1CCCCC1c1cnc(C(F)(F)F)s1. The molecule has 0 saturated heterocycles. The molecule has 2 nitrogen and oxygen atoms in total. The van der Waals surface area contributed by atoms with Gasteiger partial charge in [0.2, 0.25) is 0 Å². The standard InChI is InChI=1S/C15H23F3N2S/c1-14(2,3)20-8-10-6-4-5-7-11(10)12-9-19-13(21-12)15(16,17)18/h9-11,20H,4-8H2,1-3H3. The van der Waals surface area contributed by atoms with E-state index in [4.69, 9.17) is 0 Å². The summed E-state index contributed by atoms with van der Waals surface area (Å²) in [6.45, 7) is 7.19. The molecule has 1 saturated carbocycles. The Bertz CT molecular complexity index is 462. The molecular formula is C15H23F3N2S. The van der Waals surface area contributed by atoms with Crippen LogP contribution in [0.25, 0.3) is 0 Å². The van der Waals surface area contributed by atoms with Gasteiger partial charge in [0.05, 0.1) is 0 Å². The van der Waals surface area contributed by atoms with E-state index in [9.17, 15) is 13.2 Å². The lowest BCUT2D eigenvalue weighted by Gasteiger charge is -2.33. The van der Waals surface area contributed by atoms with Crippen molar-refractivity contribution in [1.82, 2.24) is 10.3 Å². The fraction of sp³-hybridized carbons (Fsp3) is 0.800. The number of aromatic nitrogens is 1. The van der Waals surface area contributed by atoms with E-state index < -0.39 is 11.2 Å². The molecule has 1 N–H and O–H groups in total. The Morgan fingerprint density at radius 1 is 1.24 bits per heavy atom. The second-order valence-electron chi connectivity index (χ2n) is 6.85. The number of nitrogens with zero attached hydrogens (tertiary/aromatic N) is 1. The molecule has 0 bridgehead atoms. The van der Waals surface area contributed by atoms with Crippen molar-refractivity contribution >= 4 is 11.3 Å². The van der Waals surface area contributed by atoms with E-state index in [-0.39, 0.29) is 11.5 Å².